The van der Waals surface area contributed by atoms with Crippen LogP contribution < -0.4 is 0 Å². The highest BCUT2D eigenvalue weighted by Gasteiger charge is 2.05. The van der Waals surface area contributed by atoms with Crippen LogP contribution in [0.15, 0.2) is 30.3 Å². The van der Waals surface area contributed by atoms with E-state index in [1.807, 2.05) is 13.8 Å². The van der Waals surface area contributed by atoms with Gasteiger partial charge in [0.05, 0.1) is 5.69 Å². The number of ketones is 1. The quantitative estimate of drug-likeness (QED) is 0.677. The molecule has 0 radical (unpaired) electrons. The molecule has 0 aliphatic rings. The molecule has 2 aromatic rings. The number of H-pyrrole nitrogens is 1. The van der Waals surface area contributed by atoms with E-state index in [2.05, 4.69) is 10.2 Å². The Morgan fingerprint density at radius 1 is 1.39 bits per heavy atom. The number of carbonyl (C=O) groups is 1. The third kappa shape index (κ3) is 2.68. The average molecular weight is 261 g/mol. The zero-order valence-electron chi connectivity index (χ0n) is 10.2. The average Bonchev–Trinajstić information content (AvgIpc) is 2.66. The number of aromatic amines is 1. The minimum absolute atomic E-state index is 0.0718. The molecule has 0 bridgehead atoms. The third-order valence-electron chi connectivity index (χ3n) is 2.70. The Morgan fingerprint density at radius 3 is 2.78 bits per heavy atom. The lowest BCUT2D eigenvalue weighted by atomic mass is 10.1. The molecule has 1 aromatic carbocycles. The van der Waals surface area contributed by atoms with Gasteiger partial charge in [0.25, 0.3) is 0 Å². The van der Waals surface area contributed by atoms with E-state index in [1.54, 1.807) is 30.3 Å². The lowest BCUT2D eigenvalue weighted by Crippen LogP contribution is -1.93. The normalized spacial score (nSPS) is 11.1. The van der Waals surface area contributed by atoms with E-state index in [-0.39, 0.29) is 5.78 Å². The Morgan fingerprint density at radius 2 is 2.17 bits per heavy atom. The van der Waals surface area contributed by atoms with Gasteiger partial charge < -0.3 is 0 Å². The molecule has 0 spiro atoms. The summed E-state index contributed by atoms with van der Waals surface area (Å²) in [5.74, 6) is -0.0718. The largest absolute Gasteiger partial charge is 0.289 e. The number of halogens is 1. The van der Waals surface area contributed by atoms with Gasteiger partial charge in [-0.25, -0.2) is 0 Å². The van der Waals surface area contributed by atoms with Crippen LogP contribution in [0.25, 0.3) is 6.08 Å². The number of hydrogen-bond donors (Lipinski definition) is 1. The van der Waals surface area contributed by atoms with Crippen molar-refractivity contribution >= 4 is 23.5 Å². The maximum Gasteiger partial charge on any atom is 0.185 e. The van der Waals surface area contributed by atoms with Crippen LogP contribution in [0.1, 0.15) is 27.3 Å². The molecule has 1 heterocycles. The molecule has 1 N–H and O–H groups in total. The predicted molar refractivity (Wildman–Crippen MR) is 72.9 cm³/mol. The maximum absolute atomic E-state index is 11.9. The van der Waals surface area contributed by atoms with Crippen LogP contribution in [0.3, 0.4) is 0 Å². The summed E-state index contributed by atoms with van der Waals surface area (Å²) in [4.78, 5) is 11.9. The summed E-state index contributed by atoms with van der Waals surface area (Å²) in [7, 11) is 0. The van der Waals surface area contributed by atoms with E-state index < -0.39 is 0 Å². The molecule has 3 nitrogen and oxygen atoms in total. The lowest BCUT2D eigenvalue weighted by Gasteiger charge is -1.96. The molecule has 0 aliphatic heterocycles. The number of allylic oxidation sites excluding steroid dienone is 1. The second-order valence-electron chi connectivity index (χ2n) is 4.06. The SMILES string of the molecule is Cc1n[nH]c(C)c1/C=C/C(=O)c1cccc(Cl)c1. The number of nitrogens with zero attached hydrogens (tertiary/aromatic N) is 1. The van der Waals surface area contributed by atoms with Crippen molar-refractivity contribution in [1.82, 2.24) is 10.2 Å². The van der Waals surface area contributed by atoms with Crippen molar-refractivity contribution in [2.45, 2.75) is 13.8 Å². The number of nitrogens with one attached hydrogen (secondary N) is 1. The summed E-state index contributed by atoms with van der Waals surface area (Å²) < 4.78 is 0. The standard InChI is InChI=1S/C14H13ClN2O/c1-9-13(10(2)17-16-9)6-7-14(18)11-4-3-5-12(15)8-11/h3-8H,1-2H3,(H,16,17)/b7-6+. The summed E-state index contributed by atoms with van der Waals surface area (Å²) in [6.45, 7) is 3.82. The molecule has 1 aromatic heterocycles. The molecule has 0 fully saturated rings. The first-order chi connectivity index (χ1) is 8.58. The highest BCUT2D eigenvalue weighted by Crippen LogP contribution is 2.14. The molecular weight excluding hydrogens is 248 g/mol. The van der Waals surface area contributed by atoms with Crippen LogP contribution in [-0.2, 0) is 0 Å². The van der Waals surface area contributed by atoms with Crippen LogP contribution in [0.5, 0.6) is 0 Å². The van der Waals surface area contributed by atoms with Gasteiger partial charge in [-0.1, -0.05) is 23.7 Å². The van der Waals surface area contributed by atoms with Crippen molar-refractivity contribution in [1.29, 1.82) is 0 Å². The van der Waals surface area contributed by atoms with E-state index in [0.29, 0.717) is 10.6 Å². The number of hydrogen-bond acceptors (Lipinski definition) is 2. The van der Waals surface area contributed by atoms with Crippen molar-refractivity contribution in [3.63, 3.8) is 0 Å². The van der Waals surface area contributed by atoms with Crippen LogP contribution in [0.4, 0.5) is 0 Å². The highest BCUT2D eigenvalue weighted by atomic mass is 35.5. The molecule has 92 valence electrons. The summed E-state index contributed by atoms with van der Waals surface area (Å²) in [6, 6.07) is 6.90. The van der Waals surface area contributed by atoms with E-state index in [1.165, 1.54) is 6.08 Å². The Kier molecular flexibility index (Phi) is 3.63. The number of aryl methyl sites for hydroxylation is 2. The van der Waals surface area contributed by atoms with Gasteiger partial charge in [-0.2, -0.15) is 5.10 Å². The van der Waals surface area contributed by atoms with Crippen molar-refractivity contribution in [2.75, 3.05) is 0 Å². The van der Waals surface area contributed by atoms with Crippen molar-refractivity contribution in [3.8, 4) is 0 Å². The first-order valence-corrected chi connectivity index (χ1v) is 5.95. The summed E-state index contributed by atoms with van der Waals surface area (Å²) >= 11 is 5.85. The number of benzene rings is 1. The topological polar surface area (TPSA) is 45.8 Å². The van der Waals surface area contributed by atoms with Crippen LogP contribution in [-0.4, -0.2) is 16.0 Å². The molecule has 0 unspecified atom stereocenters. The molecule has 4 heteroatoms. The van der Waals surface area contributed by atoms with Crippen LogP contribution in [0.2, 0.25) is 5.02 Å². The monoisotopic (exact) mass is 260 g/mol. The minimum atomic E-state index is -0.0718. The van der Waals surface area contributed by atoms with E-state index >= 15 is 0 Å². The van der Waals surface area contributed by atoms with Gasteiger partial charge in [0, 0.05) is 21.8 Å². The number of carbonyl (C=O) groups excluding carboxylic acids is 1. The summed E-state index contributed by atoms with van der Waals surface area (Å²) in [5.41, 5.74) is 3.35. The molecular formula is C14H13ClN2O. The molecule has 0 aliphatic carbocycles. The fraction of sp³-hybridized carbons (Fsp3) is 0.143. The second-order valence-corrected chi connectivity index (χ2v) is 4.49. The molecule has 0 amide bonds. The number of rotatable bonds is 3. The Balaban J connectivity index is 2.22. The van der Waals surface area contributed by atoms with Crippen LogP contribution >= 0.6 is 11.6 Å². The first-order valence-electron chi connectivity index (χ1n) is 5.57. The van der Waals surface area contributed by atoms with Crippen molar-refractivity contribution < 1.29 is 4.79 Å². The highest BCUT2D eigenvalue weighted by molar-refractivity contribution is 6.31. The molecule has 2 rings (SSSR count). The van der Waals surface area contributed by atoms with Gasteiger partial charge in [0.15, 0.2) is 5.78 Å². The third-order valence-corrected chi connectivity index (χ3v) is 2.93. The molecule has 0 saturated heterocycles. The van der Waals surface area contributed by atoms with E-state index in [9.17, 15) is 4.79 Å². The van der Waals surface area contributed by atoms with Gasteiger partial charge in [0.1, 0.15) is 0 Å². The van der Waals surface area contributed by atoms with Gasteiger partial charge in [-0.05, 0) is 38.1 Å². The Hall–Kier alpha value is -1.87. The van der Waals surface area contributed by atoms with Crippen molar-refractivity contribution in [2.24, 2.45) is 0 Å². The summed E-state index contributed by atoms with van der Waals surface area (Å²) in [5, 5.41) is 7.51. The van der Waals surface area contributed by atoms with Gasteiger partial charge >= 0.3 is 0 Å². The van der Waals surface area contributed by atoms with Crippen LogP contribution in [0, 0.1) is 13.8 Å². The Labute approximate surface area is 110 Å². The van der Waals surface area contributed by atoms with Gasteiger partial charge in [-0.3, -0.25) is 9.89 Å². The number of aromatic nitrogens is 2. The van der Waals surface area contributed by atoms with E-state index in [0.717, 1.165) is 17.0 Å². The Bertz CT molecular complexity index is 595. The smallest absolute Gasteiger partial charge is 0.185 e. The minimum Gasteiger partial charge on any atom is -0.289 e. The predicted octanol–water partition coefficient (Wildman–Crippen LogP) is 3.58. The van der Waals surface area contributed by atoms with Gasteiger partial charge in [-0.15, -0.1) is 0 Å². The lowest BCUT2D eigenvalue weighted by molar-refractivity contribution is 0.104. The van der Waals surface area contributed by atoms with E-state index in [4.69, 9.17) is 11.6 Å². The maximum atomic E-state index is 11.9. The zero-order chi connectivity index (χ0) is 13.1. The van der Waals surface area contributed by atoms with Gasteiger partial charge in [0.2, 0.25) is 0 Å². The molecule has 0 atom stereocenters. The van der Waals surface area contributed by atoms with Crippen molar-refractivity contribution in [3.05, 3.63) is 57.9 Å². The fourth-order valence-corrected chi connectivity index (χ4v) is 1.89. The molecule has 0 saturated carbocycles. The second kappa shape index (κ2) is 5.19. The zero-order valence-corrected chi connectivity index (χ0v) is 11.0. The fourth-order valence-electron chi connectivity index (χ4n) is 1.70. The molecule has 18 heavy (non-hydrogen) atoms. The summed E-state index contributed by atoms with van der Waals surface area (Å²) in [6.07, 6.45) is 3.31. The first kappa shape index (κ1) is 12.6.